The van der Waals surface area contributed by atoms with Crippen molar-refractivity contribution in [3.8, 4) is 11.8 Å². The van der Waals surface area contributed by atoms with E-state index >= 15 is 0 Å². The highest BCUT2D eigenvalue weighted by atomic mass is 19.3. The summed E-state index contributed by atoms with van der Waals surface area (Å²) in [6.07, 6.45) is -2.34. The topological polar surface area (TPSA) is 36.3 Å². The van der Waals surface area contributed by atoms with Crippen molar-refractivity contribution < 1.29 is 13.5 Å². The Hall–Kier alpha value is -1.67. The third kappa shape index (κ3) is 4.79. The first-order valence-electron chi connectivity index (χ1n) is 5.22. The van der Waals surface area contributed by atoms with E-state index in [1.807, 2.05) is 6.07 Å². The fraction of sp³-hybridized carbons (Fsp3) is 0.417. The molecule has 0 amide bonds. The molecule has 0 radical (unpaired) electrons. The Morgan fingerprint density at radius 1 is 1.41 bits per heavy atom. The summed E-state index contributed by atoms with van der Waals surface area (Å²) in [6, 6.07) is 8.85. The fourth-order valence-electron chi connectivity index (χ4n) is 1.32. The van der Waals surface area contributed by atoms with Gasteiger partial charge in [-0.05, 0) is 19.2 Å². The molecule has 0 aliphatic carbocycles. The number of para-hydroxylation sites is 1. The first kappa shape index (κ1) is 13.4. The Balaban J connectivity index is 2.38. The summed E-state index contributed by atoms with van der Waals surface area (Å²) in [4.78, 5) is 1.49. The number of hydrogen-bond acceptors (Lipinski definition) is 3. The van der Waals surface area contributed by atoms with Crippen LogP contribution in [0.15, 0.2) is 24.3 Å². The molecule has 0 aliphatic rings. The van der Waals surface area contributed by atoms with Gasteiger partial charge in [0.05, 0.1) is 12.1 Å². The molecule has 0 fully saturated rings. The summed E-state index contributed by atoms with van der Waals surface area (Å²) >= 11 is 0. The maximum Gasteiger partial charge on any atom is 0.251 e. The second-order valence-electron chi connectivity index (χ2n) is 3.61. The van der Waals surface area contributed by atoms with Gasteiger partial charge in [-0.1, -0.05) is 12.1 Å². The van der Waals surface area contributed by atoms with Gasteiger partial charge >= 0.3 is 0 Å². The average molecular weight is 240 g/mol. The minimum absolute atomic E-state index is 0.275. The molecule has 0 spiro atoms. The van der Waals surface area contributed by atoms with E-state index in [1.54, 1.807) is 31.3 Å². The lowest BCUT2D eigenvalue weighted by Crippen LogP contribution is -2.29. The number of nitrogens with zero attached hydrogens (tertiary/aromatic N) is 2. The minimum Gasteiger partial charge on any atom is -0.491 e. The summed E-state index contributed by atoms with van der Waals surface area (Å²) in [5.41, 5.74) is 0.448. The lowest BCUT2D eigenvalue weighted by Gasteiger charge is -2.16. The Morgan fingerprint density at radius 3 is 2.76 bits per heavy atom. The minimum atomic E-state index is -2.34. The van der Waals surface area contributed by atoms with Gasteiger partial charge in [0.1, 0.15) is 18.4 Å². The Kier molecular flexibility index (Phi) is 5.37. The van der Waals surface area contributed by atoms with Gasteiger partial charge in [-0.25, -0.2) is 8.78 Å². The zero-order valence-corrected chi connectivity index (χ0v) is 9.57. The van der Waals surface area contributed by atoms with Gasteiger partial charge in [-0.3, -0.25) is 4.90 Å². The summed E-state index contributed by atoms with van der Waals surface area (Å²) in [5.74, 6) is 0.487. The molecule has 3 nitrogen and oxygen atoms in total. The van der Waals surface area contributed by atoms with Crippen LogP contribution in [0.3, 0.4) is 0 Å². The number of likely N-dealkylation sites (N-methyl/N-ethyl adjacent to an activating group) is 1. The van der Waals surface area contributed by atoms with E-state index in [1.165, 1.54) is 4.90 Å². The van der Waals surface area contributed by atoms with Crippen LogP contribution in [0.5, 0.6) is 5.75 Å². The van der Waals surface area contributed by atoms with Gasteiger partial charge in [0.15, 0.2) is 0 Å². The third-order valence-corrected chi connectivity index (χ3v) is 2.19. The molecule has 0 atom stereocenters. The number of alkyl halides is 2. The van der Waals surface area contributed by atoms with Crippen LogP contribution in [0.1, 0.15) is 5.56 Å². The van der Waals surface area contributed by atoms with Gasteiger partial charge in [0, 0.05) is 6.54 Å². The van der Waals surface area contributed by atoms with Crippen molar-refractivity contribution in [1.82, 2.24) is 4.90 Å². The number of nitriles is 1. The van der Waals surface area contributed by atoms with Gasteiger partial charge in [-0.2, -0.15) is 5.26 Å². The van der Waals surface area contributed by atoms with Crippen LogP contribution in [0.25, 0.3) is 0 Å². The van der Waals surface area contributed by atoms with Gasteiger partial charge in [0.2, 0.25) is 0 Å². The number of benzene rings is 1. The van der Waals surface area contributed by atoms with Crippen molar-refractivity contribution in [2.45, 2.75) is 6.43 Å². The van der Waals surface area contributed by atoms with Gasteiger partial charge in [0.25, 0.3) is 6.43 Å². The first-order chi connectivity index (χ1) is 8.13. The molecule has 1 aromatic rings. The summed E-state index contributed by atoms with van der Waals surface area (Å²) < 4.78 is 29.4. The van der Waals surface area contributed by atoms with Crippen LogP contribution in [0.2, 0.25) is 0 Å². The highest BCUT2D eigenvalue weighted by Crippen LogP contribution is 2.16. The molecule has 0 saturated carbocycles. The number of hydrogen-bond donors (Lipinski definition) is 0. The van der Waals surface area contributed by atoms with E-state index < -0.39 is 6.43 Å². The second kappa shape index (κ2) is 6.81. The molecule has 1 aromatic carbocycles. The van der Waals surface area contributed by atoms with Crippen molar-refractivity contribution in [3.63, 3.8) is 0 Å². The van der Waals surface area contributed by atoms with Crippen molar-refractivity contribution in [2.24, 2.45) is 0 Å². The number of ether oxygens (including phenoxy) is 1. The van der Waals surface area contributed by atoms with Crippen LogP contribution in [-0.2, 0) is 0 Å². The predicted octanol–water partition coefficient (Wildman–Crippen LogP) is 2.13. The normalized spacial score (nSPS) is 10.6. The van der Waals surface area contributed by atoms with Crippen LogP contribution in [0, 0.1) is 11.3 Å². The smallest absolute Gasteiger partial charge is 0.251 e. The van der Waals surface area contributed by atoms with Crippen LogP contribution < -0.4 is 4.74 Å². The van der Waals surface area contributed by atoms with E-state index in [0.29, 0.717) is 17.9 Å². The van der Waals surface area contributed by atoms with Crippen LogP contribution in [0.4, 0.5) is 8.78 Å². The van der Waals surface area contributed by atoms with Crippen LogP contribution >= 0.6 is 0 Å². The molecule has 0 saturated heterocycles. The summed E-state index contributed by atoms with van der Waals surface area (Å²) in [5, 5.41) is 8.81. The fourth-order valence-corrected chi connectivity index (χ4v) is 1.32. The largest absolute Gasteiger partial charge is 0.491 e. The summed E-state index contributed by atoms with van der Waals surface area (Å²) in [7, 11) is 1.60. The molecular weight excluding hydrogens is 226 g/mol. The summed E-state index contributed by atoms with van der Waals surface area (Å²) in [6.45, 7) is 0.398. The Morgan fingerprint density at radius 2 is 2.12 bits per heavy atom. The predicted molar refractivity (Wildman–Crippen MR) is 60.2 cm³/mol. The standard InChI is InChI=1S/C12H14F2N2O/c1-16(9-12(13)14)6-7-17-11-5-3-2-4-10(11)8-15/h2-5,12H,6-7,9H2,1H3. The second-order valence-corrected chi connectivity index (χ2v) is 3.61. The van der Waals surface area contributed by atoms with Crippen molar-refractivity contribution in [2.75, 3.05) is 26.7 Å². The van der Waals surface area contributed by atoms with E-state index in [-0.39, 0.29) is 13.2 Å². The molecule has 0 heterocycles. The molecular formula is C12H14F2N2O. The first-order valence-corrected chi connectivity index (χ1v) is 5.22. The molecule has 17 heavy (non-hydrogen) atoms. The molecule has 0 unspecified atom stereocenters. The lowest BCUT2D eigenvalue weighted by molar-refractivity contribution is 0.0935. The van der Waals surface area contributed by atoms with E-state index in [4.69, 9.17) is 10.00 Å². The number of rotatable bonds is 6. The maximum absolute atomic E-state index is 12.0. The molecule has 1 rings (SSSR count). The van der Waals surface area contributed by atoms with E-state index in [0.717, 1.165) is 0 Å². The average Bonchev–Trinajstić information content (AvgIpc) is 2.28. The quantitative estimate of drug-likeness (QED) is 0.764. The Bertz CT molecular complexity index is 390. The lowest BCUT2D eigenvalue weighted by atomic mass is 10.2. The van der Waals surface area contributed by atoms with Crippen molar-refractivity contribution >= 4 is 0 Å². The highest BCUT2D eigenvalue weighted by Gasteiger charge is 2.08. The molecule has 5 heteroatoms. The van der Waals surface area contributed by atoms with E-state index in [9.17, 15) is 8.78 Å². The third-order valence-electron chi connectivity index (χ3n) is 2.19. The van der Waals surface area contributed by atoms with E-state index in [2.05, 4.69) is 0 Å². The molecule has 0 bridgehead atoms. The van der Waals surface area contributed by atoms with Crippen molar-refractivity contribution in [1.29, 1.82) is 5.26 Å². The molecule has 0 N–H and O–H groups in total. The van der Waals surface area contributed by atoms with Crippen LogP contribution in [-0.4, -0.2) is 38.1 Å². The zero-order chi connectivity index (χ0) is 12.7. The molecule has 0 aliphatic heterocycles. The highest BCUT2D eigenvalue weighted by molar-refractivity contribution is 5.42. The number of halogens is 2. The maximum atomic E-state index is 12.0. The molecule has 0 aromatic heterocycles. The zero-order valence-electron chi connectivity index (χ0n) is 9.57. The Labute approximate surface area is 99.2 Å². The molecule has 92 valence electrons. The van der Waals surface area contributed by atoms with Gasteiger partial charge < -0.3 is 4.74 Å². The van der Waals surface area contributed by atoms with Crippen molar-refractivity contribution in [3.05, 3.63) is 29.8 Å². The SMILES string of the molecule is CN(CCOc1ccccc1C#N)CC(F)F. The van der Waals surface area contributed by atoms with Gasteiger partial charge in [-0.15, -0.1) is 0 Å². The monoisotopic (exact) mass is 240 g/mol.